The Labute approximate surface area is 140 Å². The van der Waals surface area contributed by atoms with Gasteiger partial charge in [0.2, 0.25) is 0 Å². The lowest BCUT2D eigenvalue weighted by molar-refractivity contribution is -0.141. The number of nitrogens with zero attached hydrogens (tertiary/aromatic N) is 1. The highest BCUT2D eigenvalue weighted by atomic mass is 16.5. The Bertz CT molecular complexity index is 743. The second-order valence-electron chi connectivity index (χ2n) is 5.52. The molecule has 2 aromatic carbocycles. The van der Waals surface area contributed by atoms with Gasteiger partial charge in [-0.05, 0) is 17.9 Å². The van der Waals surface area contributed by atoms with Crippen LogP contribution < -0.4 is 4.90 Å². The van der Waals surface area contributed by atoms with Crippen LogP contribution in [0.2, 0.25) is 0 Å². The molecule has 0 radical (unpaired) electrons. The number of ether oxygens (including phenoxy) is 1. The minimum atomic E-state index is -1.17. The first-order chi connectivity index (χ1) is 11.5. The Morgan fingerprint density at radius 3 is 2.54 bits per heavy atom. The second-order valence-corrected chi connectivity index (χ2v) is 5.52. The highest BCUT2D eigenvalue weighted by Gasteiger charge is 2.32. The molecule has 6 nitrogen and oxygen atoms in total. The van der Waals surface area contributed by atoms with E-state index in [2.05, 4.69) is 0 Å². The number of hydrogen-bond acceptors (Lipinski definition) is 4. The zero-order chi connectivity index (χ0) is 17.7. The van der Waals surface area contributed by atoms with Gasteiger partial charge in [-0.3, -0.25) is 9.69 Å². The fourth-order valence-electron chi connectivity index (χ4n) is 2.82. The van der Waals surface area contributed by atoms with E-state index >= 15 is 0 Å². The summed E-state index contributed by atoms with van der Waals surface area (Å²) < 4.78 is 4.92. The van der Waals surface area contributed by atoms with Crippen LogP contribution in [-0.2, 0) is 14.3 Å². The molecule has 0 saturated heterocycles. The van der Waals surface area contributed by atoms with Crippen LogP contribution in [0.15, 0.2) is 36.4 Å². The number of carbonyl (C=O) groups is 2. The molecule has 0 aromatic heterocycles. The molecule has 0 unspecified atom stereocenters. The largest absolute Gasteiger partial charge is 0.480 e. The number of carboxylic acid groups (broad SMARTS) is 1. The number of fused-ring (bicyclic) bond motifs is 1. The van der Waals surface area contributed by atoms with Crippen LogP contribution >= 0.6 is 0 Å². The van der Waals surface area contributed by atoms with E-state index in [0.29, 0.717) is 5.69 Å². The number of anilines is 1. The molecule has 6 heteroatoms. The molecule has 0 aliphatic heterocycles. The maximum Gasteiger partial charge on any atom is 0.326 e. The van der Waals surface area contributed by atoms with Crippen molar-refractivity contribution < 1.29 is 24.5 Å². The van der Waals surface area contributed by atoms with Gasteiger partial charge in [0, 0.05) is 25.5 Å². The van der Waals surface area contributed by atoms with E-state index in [1.165, 1.54) is 12.0 Å². The number of benzene rings is 2. The van der Waals surface area contributed by atoms with Gasteiger partial charge in [-0.25, -0.2) is 4.79 Å². The van der Waals surface area contributed by atoms with E-state index in [9.17, 15) is 19.8 Å². The summed E-state index contributed by atoms with van der Waals surface area (Å²) in [7, 11) is 1.38. The van der Waals surface area contributed by atoms with Crippen LogP contribution in [0, 0.1) is 6.92 Å². The lowest BCUT2D eigenvalue weighted by Crippen LogP contribution is -2.47. The molecular formula is C18H21NO5. The second kappa shape index (κ2) is 7.90. The molecule has 1 amide bonds. The molecule has 0 saturated carbocycles. The summed E-state index contributed by atoms with van der Waals surface area (Å²) in [4.78, 5) is 25.6. The number of rotatable bonds is 7. The first-order valence-electron chi connectivity index (χ1n) is 7.64. The van der Waals surface area contributed by atoms with Crippen molar-refractivity contribution in [1.82, 2.24) is 0 Å². The summed E-state index contributed by atoms with van der Waals surface area (Å²) in [5, 5.41) is 20.5. The Kier molecular flexibility index (Phi) is 5.89. The van der Waals surface area contributed by atoms with Crippen LogP contribution in [-0.4, -0.2) is 48.5 Å². The van der Waals surface area contributed by atoms with Gasteiger partial charge in [0.25, 0.3) is 5.91 Å². The van der Waals surface area contributed by atoms with Crippen molar-refractivity contribution in [3.63, 3.8) is 0 Å². The van der Waals surface area contributed by atoms with E-state index in [1.807, 2.05) is 43.3 Å². The molecule has 0 bridgehead atoms. The zero-order valence-corrected chi connectivity index (χ0v) is 13.7. The standard InChI is InChI=1S/C18H21NO5/c1-12-7-8-13-5-3-4-6-14(13)17(12)19(16(21)11-24-2)15(9-10-20)18(22)23/h3-8,15,20H,9-11H2,1-2H3,(H,22,23)/t15-/m0/s1. The molecule has 0 heterocycles. The van der Waals surface area contributed by atoms with Gasteiger partial charge in [-0.2, -0.15) is 0 Å². The SMILES string of the molecule is COCC(=O)N(c1c(C)ccc2ccccc12)[C@@H](CCO)C(=O)O. The third kappa shape index (κ3) is 3.55. The number of methoxy groups -OCH3 is 1. The number of aliphatic hydroxyl groups excluding tert-OH is 1. The molecule has 0 aliphatic carbocycles. The van der Waals surface area contributed by atoms with Gasteiger partial charge in [0.05, 0.1) is 5.69 Å². The van der Waals surface area contributed by atoms with Crippen molar-refractivity contribution in [3.8, 4) is 0 Å². The minimum Gasteiger partial charge on any atom is -0.480 e. The van der Waals surface area contributed by atoms with Gasteiger partial charge >= 0.3 is 5.97 Å². The third-order valence-electron chi connectivity index (χ3n) is 3.88. The lowest BCUT2D eigenvalue weighted by Gasteiger charge is -2.31. The highest BCUT2D eigenvalue weighted by Crippen LogP contribution is 2.32. The minimum absolute atomic E-state index is 0.0621. The topological polar surface area (TPSA) is 87.1 Å². The average Bonchev–Trinajstić information content (AvgIpc) is 2.56. The van der Waals surface area contributed by atoms with E-state index in [-0.39, 0.29) is 19.6 Å². The Morgan fingerprint density at radius 2 is 1.92 bits per heavy atom. The number of aryl methyl sites for hydroxylation is 1. The van der Waals surface area contributed by atoms with Crippen LogP contribution in [0.25, 0.3) is 10.8 Å². The van der Waals surface area contributed by atoms with E-state index in [4.69, 9.17) is 4.74 Å². The molecular weight excluding hydrogens is 310 g/mol. The smallest absolute Gasteiger partial charge is 0.326 e. The Hall–Kier alpha value is -2.44. The summed E-state index contributed by atoms with van der Waals surface area (Å²) in [6.45, 7) is 1.25. The van der Waals surface area contributed by atoms with Gasteiger partial charge in [0.15, 0.2) is 0 Å². The lowest BCUT2D eigenvalue weighted by atomic mass is 10.0. The fourth-order valence-corrected chi connectivity index (χ4v) is 2.82. The predicted octanol–water partition coefficient (Wildman–Crippen LogP) is 1.96. The molecule has 24 heavy (non-hydrogen) atoms. The summed E-state index contributed by atoms with van der Waals surface area (Å²) in [6.07, 6.45) is -0.0621. The first-order valence-corrected chi connectivity index (χ1v) is 7.64. The van der Waals surface area contributed by atoms with E-state index in [1.54, 1.807) is 0 Å². The summed E-state index contributed by atoms with van der Waals surface area (Å²) >= 11 is 0. The maximum absolute atomic E-state index is 12.6. The molecule has 0 spiro atoms. The molecule has 128 valence electrons. The van der Waals surface area contributed by atoms with Gasteiger partial charge in [-0.1, -0.05) is 36.4 Å². The summed E-state index contributed by atoms with van der Waals surface area (Å²) in [5.74, 6) is -1.63. The Balaban J connectivity index is 2.69. The number of carbonyl (C=O) groups excluding carboxylic acids is 1. The van der Waals surface area contributed by atoms with Crippen LogP contribution in [0.1, 0.15) is 12.0 Å². The van der Waals surface area contributed by atoms with Crippen molar-refractivity contribution in [3.05, 3.63) is 42.0 Å². The normalized spacial score (nSPS) is 12.1. The van der Waals surface area contributed by atoms with Crippen LogP contribution in [0.3, 0.4) is 0 Å². The van der Waals surface area contributed by atoms with Gasteiger partial charge < -0.3 is 14.9 Å². The van der Waals surface area contributed by atoms with Gasteiger partial charge in [-0.15, -0.1) is 0 Å². The maximum atomic E-state index is 12.6. The Morgan fingerprint density at radius 1 is 1.21 bits per heavy atom. The number of carboxylic acids is 1. The number of amides is 1. The molecule has 0 aliphatic rings. The van der Waals surface area contributed by atoms with Crippen molar-refractivity contribution in [2.24, 2.45) is 0 Å². The number of aliphatic carboxylic acids is 1. The quantitative estimate of drug-likeness (QED) is 0.810. The van der Waals surface area contributed by atoms with Crippen molar-refractivity contribution >= 4 is 28.3 Å². The molecule has 0 fully saturated rings. The van der Waals surface area contributed by atoms with Gasteiger partial charge in [0.1, 0.15) is 12.6 Å². The van der Waals surface area contributed by atoms with Crippen LogP contribution in [0.5, 0.6) is 0 Å². The molecule has 1 atom stereocenters. The van der Waals surface area contributed by atoms with Crippen molar-refractivity contribution in [1.29, 1.82) is 0 Å². The predicted molar refractivity (Wildman–Crippen MR) is 91.2 cm³/mol. The highest BCUT2D eigenvalue weighted by molar-refractivity contribution is 6.08. The van der Waals surface area contributed by atoms with E-state index in [0.717, 1.165) is 16.3 Å². The monoisotopic (exact) mass is 331 g/mol. The third-order valence-corrected chi connectivity index (χ3v) is 3.88. The van der Waals surface area contributed by atoms with Crippen LogP contribution in [0.4, 0.5) is 5.69 Å². The molecule has 2 rings (SSSR count). The molecule has 2 N–H and O–H groups in total. The first kappa shape index (κ1) is 17.9. The van der Waals surface area contributed by atoms with Crippen molar-refractivity contribution in [2.45, 2.75) is 19.4 Å². The summed E-state index contributed by atoms with van der Waals surface area (Å²) in [5.41, 5.74) is 1.32. The van der Waals surface area contributed by atoms with E-state index < -0.39 is 17.9 Å². The fraction of sp³-hybridized carbons (Fsp3) is 0.333. The summed E-state index contributed by atoms with van der Waals surface area (Å²) in [6, 6.07) is 10.1. The number of aliphatic hydroxyl groups is 1. The average molecular weight is 331 g/mol. The molecule has 2 aromatic rings. The van der Waals surface area contributed by atoms with Crippen molar-refractivity contribution in [2.75, 3.05) is 25.2 Å². The number of hydrogen-bond donors (Lipinski definition) is 2. The zero-order valence-electron chi connectivity index (χ0n) is 13.7.